The fourth-order valence-electron chi connectivity index (χ4n) is 1.65. The number of nitrogens with two attached hydrogens (primary N) is 1. The highest BCUT2D eigenvalue weighted by atomic mass is 16.2. The molecule has 0 unspecified atom stereocenters. The fourth-order valence-corrected chi connectivity index (χ4v) is 1.65. The summed E-state index contributed by atoms with van der Waals surface area (Å²) in [4.78, 5) is 23.4. The Morgan fingerprint density at radius 1 is 1.13 bits per heavy atom. The fraction of sp³-hybridized carbons (Fsp3) is 0.200. The van der Waals surface area contributed by atoms with Gasteiger partial charge >= 0.3 is 5.69 Å². The number of aromatic nitrogens is 2. The molecular formula is C10H11N3O2. The summed E-state index contributed by atoms with van der Waals surface area (Å²) >= 11 is 0. The van der Waals surface area contributed by atoms with Gasteiger partial charge in [0.2, 0.25) is 0 Å². The van der Waals surface area contributed by atoms with Crippen LogP contribution in [0.4, 0.5) is 5.69 Å². The first-order valence-corrected chi connectivity index (χ1v) is 4.48. The molecule has 2 N–H and O–H groups in total. The van der Waals surface area contributed by atoms with Crippen LogP contribution in [0.2, 0.25) is 0 Å². The summed E-state index contributed by atoms with van der Waals surface area (Å²) < 4.78 is 2.46. The molecule has 0 amide bonds. The molecule has 0 fully saturated rings. The average Bonchev–Trinajstić information content (AvgIpc) is 2.23. The summed E-state index contributed by atoms with van der Waals surface area (Å²) in [5.74, 6) is 0. The van der Waals surface area contributed by atoms with E-state index in [1.807, 2.05) is 0 Å². The molecule has 15 heavy (non-hydrogen) atoms. The number of rotatable bonds is 0. The third kappa shape index (κ3) is 1.16. The molecule has 0 aliphatic carbocycles. The van der Waals surface area contributed by atoms with Gasteiger partial charge in [-0.05, 0) is 12.1 Å². The summed E-state index contributed by atoms with van der Waals surface area (Å²) in [5, 5.41) is 0.391. The minimum absolute atomic E-state index is 0.349. The maximum absolute atomic E-state index is 11.8. The molecule has 0 aliphatic heterocycles. The van der Waals surface area contributed by atoms with E-state index in [4.69, 9.17) is 5.73 Å². The van der Waals surface area contributed by atoms with Gasteiger partial charge in [-0.25, -0.2) is 4.79 Å². The van der Waals surface area contributed by atoms with Crippen LogP contribution in [0.3, 0.4) is 0 Å². The van der Waals surface area contributed by atoms with Gasteiger partial charge in [0, 0.05) is 19.8 Å². The van der Waals surface area contributed by atoms with E-state index in [-0.39, 0.29) is 11.2 Å². The summed E-state index contributed by atoms with van der Waals surface area (Å²) in [7, 11) is 3.06. The average molecular weight is 205 g/mol. The SMILES string of the molecule is Cn1c(=O)c2c(N)cccc2n(C)c1=O. The van der Waals surface area contributed by atoms with Gasteiger partial charge in [-0.3, -0.25) is 13.9 Å². The molecule has 0 aliphatic rings. The van der Waals surface area contributed by atoms with E-state index in [0.717, 1.165) is 4.57 Å². The Morgan fingerprint density at radius 2 is 1.80 bits per heavy atom. The summed E-state index contributed by atoms with van der Waals surface area (Å²) in [6.45, 7) is 0. The number of anilines is 1. The number of nitrogens with zero attached hydrogens (tertiary/aromatic N) is 2. The normalized spacial score (nSPS) is 10.8. The monoisotopic (exact) mass is 205 g/mol. The molecule has 5 heteroatoms. The number of hydrogen-bond acceptors (Lipinski definition) is 3. The van der Waals surface area contributed by atoms with Crippen molar-refractivity contribution in [3.63, 3.8) is 0 Å². The predicted octanol–water partition coefficient (Wildman–Crippen LogP) is -0.181. The molecule has 0 bridgehead atoms. The van der Waals surface area contributed by atoms with Crippen LogP contribution >= 0.6 is 0 Å². The Kier molecular flexibility index (Phi) is 1.89. The van der Waals surface area contributed by atoms with Crippen molar-refractivity contribution in [1.29, 1.82) is 0 Å². The van der Waals surface area contributed by atoms with E-state index in [9.17, 15) is 9.59 Å². The molecule has 0 atom stereocenters. The second-order valence-electron chi connectivity index (χ2n) is 3.45. The van der Waals surface area contributed by atoms with E-state index < -0.39 is 0 Å². The highest BCUT2D eigenvalue weighted by Crippen LogP contribution is 2.14. The van der Waals surface area contributed by atoms with Crippen LogP contribution in [-0.4, -0.2) is 9.13 Å². The smallest absolute Gasteiger partial charge is 0.330 e. The van der Waals surface area contributed by atoms with Gasteiger partial charge in [-0.2, -0.15) is 0 Å². The van der Waals surface area contributed by atoms with Gasteiger partial charge in [-0.1, -0.05) is 6.07 Å². The van der Waals surface area contributed by atoms with E-state index >= 15 is 0 Å². The van der Waals surface area contributed by atoms with Crippen LogP contribution < -0.4 is 17.0 Å². The van der Waals surface area contributed by atoms with Crippen LogP contribution in [0.15, 0.2) is 27.8 Å². The van der Waals surface area contributed by atoms with Crippen LogP contribution in [-0.2, 0) is 14.1 Å². The lowest BCUT2D eigenvalue weighted by Gasteiger charge is -2.08. The maximum Gasteiger partial charge on any atom is 0.330 e. The first-order valence-electron chi connectivity index (χ1n) is 4.48. The lowest BCUT2D eigenvalue weighted by molar-refractivity contribution is 0.714. The van der Waals surface area contributed by atoms with Gasteiger partial charge in [0.25, 0.3) is 5.56 Å². The highest BCUT2D eigenvalue weighted by Gasteiger charge is 2.09. The van der Waals surface area contributed by atoms with Crippen molar-refractivity contribution in [2.45, 2.75) is 0 Å². The zero-order valence-electron chi connectivity index (χ0n) is 8.52. The van der Waals surface area contributed by atoms with Crippen molar-refractivity contribution in [3.8, 4) is 0 Å². The van der Waals surface area contributed by atoms with Crippen molar-refractivity contribution in [2.75, 3.05) is 5.73 Å². The number of benzene rings is 1. The van der Waals surface area contributed by atoms with Crippen molar-refractivity contribution in [1.82, 2.24) is 9.13 Å². The zero-order chi connectivity index (χ0) is 11.2. The molecule has 2 rings (SSSR count). The summed E-state index contributed by atoms with van der Waals surface area (Å²) in [6.07, 6.45) is 0. The first-order chi connectivity index (χ1) is 7.04. The van der Waals surface area contributed by atoms with Crippen molar-refractivity contribution < 1.29 is 0 Å². The molecule has 78 valence electrons. The second kappa shape index (κ2) is 2.98. The molecule has 0 saturated carbocycles. The van der Waals surface area contributed by atoms with E-state index in [2.05, 4.69) is 0 Å². The van der Waals surface area contributed by atoms with E-state index in [0.29, 0.717) is 16.6 Å². The van der Waals surface area contributed by atoms with Crippen LogP contribution in [0.25, 0.3) is 10.9 Å². The number of aryl methyl sites for hydroxylation is 1. The van der Waals surface area contributed by atoms with Crippen molar-refractivity contribution in [2.24, 2.45) is 14.1 Å². The van der Waals surface area contributed by atoms with E-state index in [1.165, 1.54) is 11.6 Å². The lowest BCUT2D eigenvalue weighted by atomic mass is 10.2. The molecule has 1 heterocycles. The number of hydrogen-bond donors (Lipinski definition) is 1. The Bertz CT molecular complexity index is 652. The standard InChI is InChI=1S/C10H11N3O2/c1-12-7-5-3-4-6(11)8(7)9(14)13(2)10(12)15/h3-5H,11H2,1-2H3. The molecular weight excluding hydrogens is 194 g/mol. The van der Waals surface area contributed by atoms with Gasteiger partial charge in [0.1, 0.15) is 0 Å². The third-order valence-electron chi connectivity index (χ3n) is 2.53. The lowest BCUT2D eigenvalue weighted by Crippen LogP contribution is -2.37. The van der Waals surface area contributed by atoms with Crippen LogP contribution in [0.1, 0.15) is 0 Å². The largest absolute Gasteiger partial charge is 0.398 e. The summed E-state index contributed by atoms with van der Waals surface area (Å²) in [5.41, 5.74) is 5.96. The Morgan fingerprint density at radius 3 is 2.47 bits per heavy atom. The Hall–Kier alpha value is -2.04. The number of fused-ring (bicyclic) bond motifs is 1. The second-order valence-corrected chi connectivity index (χ2v) is 3.45. The Balaban J connectivity index is 3.23. The third-order valence-corrected chi connectivity index (χ3v) is 2.53. The minimum Gasteiger partial charge on any atom is -0.398 e. The molecule has 0 saturated heterocycles. The van der Waals surface area contributed by atoms with Crippen molar-refractivity contribution in [3.05, 3.63) is 39.0 Å². The van der Waals surface area contributed by atoms with Crippen molar-refractivity contribution >= 4 is 16.6 Å². The molecule has 0 spiro atoms. The minimum atomic E-state index is -0.355. The zero-order valence-corrected chi connectivity index (χ0v) is 8.52. The summed E-state index contributed by atoms with van der Waals surface area (Å²) in [6, 6.07) is 5.07. The molecule has 2 aromatic rings. The van der Waals surface area contributed by atoms with Gasteiger partial charge in [-0.15, -0.1) is 0 Å². The molecule has 1 aromatic carbocycles. The number of nitrogen functional groups attached to an aromatic ring is 1. The van der Waals surface area contributed by atoms with Gasteiger partial charge < -0.3 is 5.73 Å². The van der Waals surface area contributed by atoms with Crippen LogP contribution in [0, 0.1) is 0 Å². The predicted molar refractivity (Wildman–Crippen MR) is 58.8 cm³/mol. The quantitative estimate of drug-likeness (QED) is 0.606. The molecule has 5 nitrogen and oxygen atoms in total. The van der Waals surface area contributed by atoms with E-state index in [1.54, 1.807) is 25.2 Å². The highest BCUT2D eigenvalue weighted by molar-refractivity contribution is 5.89. The van der Waals surface area contributed by atoms with Gasteiger partial charge in [0.15, 0.2) is 0 Å². The topological polar surface area (TPSA) is 70.0 Å². The molecule has 0 radical (unpaired) electrons. The van der Waals surface area contributed by atoms with Crippen LogP contribution in [0.5, 0.6) is 0 Å². The first kappa shape index (κ1) is 9.51. The van der Waals surface area contributed by atoms with Gasteiger partial charge in [0.05, 0.1) is 10.9 Å². The Labute approximate surface area is 85.4 Å². The maximum atomic E-state index is 11.8. The molecule has 1 aromatic heterocycles.